The minimum atomic E-state index is 0.0481. The van der Waals surface area contributed by atoms with Crippen LogP contribution in [0.1, 0.15) is 15.9 Å². The SMILES string of the molecule is O=C(c1ccc(-c2nn[nH]n2)cc1)N1CCSc2ccccc2C1. The van der Waals surface area contributed by atoms with Crippen molar-refractivity contribution in [3.63, 3.8) is 0 Å². The maximum absolute atomic E-state index is 12.8. The molecule has 0 aliphatic carbocycles. The van der Waals surface area contributed by atoms with Crippen LogP contribution in [0.2, 0.25) is 0 Å². The number of nitrogens with zero attached hydrogens (tertiary/aromatic N) is 4. The van der Waals surface area contributed by atoms with Crippen molar-refractivity contribution in [1.82, 2.24) is 25.5 Å². The highest BCUT2D eigenvalue weighted by Crippen LogP contribution is 2.28. The predicted octanol–water partition coefficient (Wildman–Crippen LogP) is 2.61. The van der Waals surface area contributed by atoms with Gasteiger partial charge < -0.3 is 4.90 Å². The first-order chi connectivity index (χ1) is 11.8. The van der Waals surface area contributed by atoms with Crippen LogP contribution in [0.3, 0.4) is 0 Å². The van der Waals surface area contributed by atoms with Crippen molar-refractivity contribution in [2.75, 3.05) is 12.3 Å². The average Bonchev–Trinajstić information content (AvgIpc) is 3.08. The second-order valence-electron chi connectivity index (χ2n) is 5.50. The maximum atomic E-state index is 12.8. The summed E-state index contributed by atoms with van der Waals surface area (Å²) >= 11 is 1.81. The molecule has 7 heteroatoms. The van der Waals surface area contributed by atoms with Crippen LogP contribution in [-0.4, -0.2) is 43.7 Å². The molecule has 1 aliphatic heterocycles. The van der Waals surface area contributed by atoms with Crippen molar-refractivity contribution in [2.45, 2.75) is 11.4 Å². The van der Waals surface area contributed by atoms with E-state index in [2.05, 4.69) is 32.8 Å². The number of aromatic amines is 1. The number of thioether (sulfide) groups is 1. The fourth-order valence-electron chi connectivity index (χ4n) is 2.73. The normalized spacial score (nSPS) is 14.1. The summed E-state index contributed by atoms with van der Waals surface area (Å²) in [6.45, 7) is 1.39. The van der Waals surface area contributed by atoms with Crippen LogP contribution in [-0.2, 0) is 6.54 Å². The largest absolute Gasteiger partial charge is 0.333 e. The highest BCUT2D eigenvalue weighted by molar-refractivity contribution is 7.99. The Morgan fingerprint density at radius 2 is 1.96 bits per heavy atom. The van der Waals surface area contributed by atoms with Crippen LogP contribution in [0.25, 0.3) is 11.4 Å². The number of nitrogens with one attached hydrogen (secondary N) is 1. The van der Waals surface area contributed by atoms with E-state index in [1.165, 1.54) is 10.5 Å². The third-order valence-electron chi connectivity index (χ3n) is 3.98. The van der Waals surface area contributed by atoms with Crippen LogP contribution >= 0.6 is 11.8 Å². The molecule has 0 unspecified atom stereocenters. The van der Waals surface area contributed by atoms with E-state index in [1.807, 2.05) is 41.3 Å². The van der Waals surface area contributed by atoms with Crippen LogP contribution in [0.15, 0.2) is 53.4 Å². The lowest BCUT2D eigenvalue weighted by atomic mass is 10.1. The van der Waals surface area contributed by atoms with Crippen LogP contribution in [0.4, 0.5) is 0 Å². The molecular formula is C17H15N5OS. The molecule has 2 heterocycles. The Morgan fingerprint density at radius 1 is 1.12 bits per heavy atom. The average molecular weight is 337 g/mol. The summed E-state index contributed by atoms with van der Waals surface area (Å²) in [6, 6.07) is 15.6. The number of hydrogen-bond donors (Lipinski definition) is 1. The Balaban J connectivity index is 1.55. The fraction of sp³-hybridized carbons (Fsp3) is 0.176. The number of amides is 1. The van der Waals surface area contributed by atoms with Gasteiger partial charge in [-0.2, -0.15) is 5.21 Å². The molecule has 4 rings (SSSR count). The molecule has 1 aromatic heterocycles. The van der Waals surface area contributed by atoms with Gasteiger partial charge in [0.2, 0.25) is 5.82 Å². The molecule has 0 saturated heterocycles. The first-order valence-electron chi connectivity index (χ1n) is 7.65. The minimum Gasteiger partial charge on any atom is -0.333 e. The zero-order chi connectivity index (χ0) is 16.4. The van der Waals surface area contributed by atoms with E-state index in [4.69, 9.17) is 0 Å². The van der Waals surface area contributed by atoms with Gasteiger partial charge in [-0.05, 0) is 29.0 Å². The highest BCUT2D eigenvalue weighted by atomic mass is 32.2. The Bertz CT molecular complexity index is 848. The summed E-state index contributed by atoms with van der Waals surface area (Å²) in [5.41, 5.74) is 2.71. The summed E-state index contributed by atoms with van der Waals surface area (Å²) in [5, 5.41) is 13.9. The Labute approximate surface area is 143 Å². The van der Waals surface area contributed by atoms with E-state index in [1.54, 1.807) is 11.8 Å². The molecule has 120 valence electrons. The summed E-state index contributed by atoms with van der Waals surface area (Å²) in [4.78, 5) is 16.0. The summed E-state index contributed by atoms with van der Waals surface area (Å²) in [7, 11) is 0. The van der Waals surface area contributed by atoms with Crippen molar-refractivity contribution < 1.29 is 4.79 Å². The van der Waals surface area contributed by atoms with Gasteiger partial charge in [-0.1, -0.05) is 30.3 Å². The Kier molecular flexibility index (Phi) is 4.00. The van der Waals surface area contributed by atoms with E-state index in [9.17, 15) is 4.79 Å². The monoisotopic (exact) mass is 337 g/mol. The maximum Gasteiger partial charge on any atom is 0.254 e. The van der Waals surface area contributed by atoms with Gasteiger partial charge in [0, 0.05) is 34.9 Å². The quantitative estimate of drug-likeness (QED) is 0.778. The van der Waals surface area contributed by atoms with E-state index >= 15 is 0 Å². The van der Waals surface area contributed by atoms with Crippen molar-refractivity contribution in [3.05, 3.63) is 59.7 Å². The number of H-pyrrole nitrogens is 1. The fourth-order valence-corrected chi connectivity index (χ4v) is 3.75. The first kappa shape index (κ1) is 14.9. The van der Waals surface area contributed by atoms with Gasteiger partial charge in [-0.25, -0.2) is 0 Å². The molecule has 24 heavy (non-hydrogen) atoms. The lowest BCUT2D eigenvalue weighted by molar-refractivity contribution is 0.0754. The number of carbonyl (C=O) groups excluding carboxylic acids is 1. The first-order valence-corrected chi connectivity index (χ1v) is 8.64. The number of fused-ring (bicyclic) bond motifs is 1. The van der Waals surface area contributed by atoms with Crippen molar-refractivity contribution in [2.24, 2.45) is 0 Å². The van der Waals surface area contributed by atoms with Gasteiger partial charge in [0.25, 0.3) is 5.91 Å². The Hall–Kier alpha value is -2.67. The van der Waals surface area contributed by atoms with Gasteiger partial charge in [0.15, 0.2) is 0 Å². The smallest absolute Gasteiger partial charge is 0.254 e. The molecule has 1 N–H and O–H groups in total. The van der Waals surface area contributed by atoms with E-state index < -0.39 is 0 Å². The number of aromatic nitrogens is 4. The molecule has 1 amide bonds. The van der Waals surface area contributed by atoms with Crippen LogP contribution in [0, 0.1) is 0 Å². The molecule has 1 aliphatic rings. The van der Waals surface area contributed by atoms with Gasteiger partial charge in [0.05, 0.1) is 0 Å². The van der Waals surface area contributed by atoms with Crippen molar-refractivity contribution in [3.8, 4) is 11.4 Å². The molecule has 0 spiro atoms. The standard InChI is InChI=1S/C17H15N5OS/c23-17(13-7-5-12(6-8-13)16-18-20-21-19-16)22-9-10-24-15-4-2-1-3-14(15)11-22/h1-8H,9-11H2,(H,18,19,20,21). The third-order valence-corrected chi connectivity index (χ3v) is 5.07. The molecule has 3 aromatic rings. The molecule has 0 fully saturated rings. The van der Waals surface area contributed by atoms with Crippen molar-refractivity contribution >= 4 is 17.7 Å². The number of tetrazole rings is 1. The highest BCUT2D eigenvalue weighted by Gasteiger charge is 2.20. The number of carbonyl (C=O) groups is 1. The molecule has 0 atom stereocenters. The zero-order valence-electron chi connectivity index (χ0n) is 12.8. The lowest BCUT2D eigenvalue weighted by Gasteiger charge is -2.20. The molecular weight excluding hydrogens is 322 g/mol. The van der Waals surface area contributed by atoms with E-state index in [-0.39, 0.29) is 5.91 Å². The zero-order valence-corrected chi connectivity index (χ0v) is 13.7. The molecule has 0 saturated carbocycles. The van der Waals surface area contributed by atoms with Crippen molar-refractivity contribution in [1.29, 1.82) is 0 Å². The van der Waals surface area contributed by atoms with Crippen LogP contribution in [0.5, 0.6) is 0 Å². The summed E-state index contributed by atoms with van der Waals surface area (Å²) in [5.74, 6) is 1.48. The second-order valence-corrected chi connectivity index (χ2v) is 6.63. The van der Waals surface area contributed by atoms with E-state index in [0.717, 1.165) is 17.9 Å². The van der Waals surface area contributed by atoms with E-state index in [0.29, 0.717) is 17.9 Å². The predicted molar refractivity (Wildman–Crippen MR) is 91.5 cm³/mol. The minimum absolute atomic E-state index is 0.0481. The molecule has 0 radical (unpaired) electrons. The number of hydrogen-bond acceptors (Lipinski definition) is 5. The molecule has 2 aromatic carbocycles. The van der Waals surface area contributed by atoms with Gasteiger partial charge in [-0.3, -0.25) is 4.79 Å². The summed E-state index contributed by atoms with van der Waals surface area (Å²) in [6.07, 6.45) is 0. The summed E-state index contributed by atoms with van der Waals surface area (Å²) < 4.78 is 0. The van der Waals surface area contributed by atoms with Gasteiger partial charge in [-0.15, -0.1) is 22.0 Å². The van der Waals surface area contributed by atoms with Gasteiger partial charge in [0.1, 0.15) is 0 Å². The van der Waals surface area contributed by atoms with Gasteiger partial charge >= 0.3 is 0 Å². The molecule has 6 nitrogen and oxygen atoms in total. The Morgan fingerprint density at radius 3 is 2.75 bits per heavy atom. The lowest BCUT2D eigenvalue weighted by Crippen LogP contribution is -2.31. The number of rotatable bonds is 2. The molecule has 0 bridgehead atoms. The topological polar surface area (TPSA) is 74.8 Å². The third kappa shape index (κ3) is 2.90. The second kappa shape index (κ2) is 6.45. The number of benzene rings is 2. The van der Waals surface area contributed by atoms with Crippen LogP contribution < -0.4 is 0 Å².